The maximum Gasteiger partial charge on any atom is 0.270 e. The number of fused-ring (bicyclic) bond motifs is 1. The SMILES string of the molecule is CC(C)N1CCN(C(=O)c2cc3cc(C(=O)N4CCC(F)(F)CC4)n(-c4ccnc(Cl)c4)c3cc2Cl)CC1. The summed E-state index contributed by atoms with van der Waals surface area (Å²) in [6, 6.07) is 8.79. The van der Waals surface area contributed by atoms with Gasteiger partial charge >= 0.3 is 0 Å². The Balaban J connectivity index is 1.54. The third-order valence-corrected chi connectivity index (χ3v) is 7.94. The lowest BCUT2D eigenvalue weighted by molar-refractivity contribution is -0.0495. The zero-order valence-corrected chi connectivity index (χ0v) is 22.8. The second kappa shape index (κ2) is 10.4. The number of hydrogen-bond acceptors (Lipinski definition) is 4. The van der Waals surface area contributed by atoms with E-state index in [-0.39, 0.29) is 53.6 Å². The molecule has 1 aromatic carbocycles. The lowest BCUT2D eigenvalue weighted by atomic mass is 10.1. The summed E-state index contributed by atoms with van der Waals surface area (Å²) < 4.78 is 29.2. The van der Waals surface area contributed by atoms with E-state index < -0.39 is 5.92 Å². The number of carbonyl (C=O) groups is 2. The summed E-state index contributed by atoms with van der Waals surface area (Å²) in [6.07, 6.45) is 0.763. The number of pyridine rings is 1. The number of piperidine rings is 1. The highest BCUT2D eigenvalue weighted by molar-refractivity contribution is 6.34. The summed E-state index contributed by atoms with van der Waals surface area (Å²) in [7, 11) is 0. The van der Waals surface area contributed by atoms with Crippen LogP contribution in [-0.4, -0.2) is 87.3 Å². The van der Waals surface area contributed by atoms with Crippen LogP contribution in [0.1, 0.15) is 47.5 Å². The third kappa shape index (κ3) is 5.24. The van der Waals surface area contributed by atoms with Crippen LogP contribution in [0, 0.1) is 0 Å². The van der Waals surface area contributed by atoms with Crippen molar-refractivity contribution in [1.29, 1.82) is 0 Å². The molecule has 4 heterocycles. The smallest absolute Gasteiger partial charge is 0.270 e. The second-order valence-corrected chi connectivity index (χ2v) is 11.0. The van der Waals surface area contributed by atoms with Crippen LogP contribution in [0.15, 0.2) is 36.5 Å². The van der Waals surface area contributed by atoms with Gasteiger partial charge in [-0.25, -0.2) is 13.8 Å². The van der Waals surface area contributed by atoms with Crippen LogP contribution in [0.5, 0.6) is 0 Å². The molecule has 0 radical (unpaired) electrons. The highest BCUT2D eigenvalue weighted by atomic mass is 35.5. The first-order valence-corrected chi connectivity index (χ1v) is 13.5. The van der Waals surface area contributed by atoms with Gasteiger partial charge in [0, 0.05) is 69.7 Å². The fourth-order valence-electron chi connectivity index (χ4n) is 5.17. The Morgan fingerprint density at radius 3 is 2.21 bits per heavy atom. The minimum atomic E-state index is -2.77. The number of piperazine rings is 1. The second-order valence-electron chi connectivity index (χ2n) is 10.2. The largest absolute Gasteiger partial charge is 0.337 e. The predicted octanol–water partition coefficient (Wildman–Crippen LogP) is 5.37. The van der Waals surface area contributed by atoms with Gasteiger partial charge in [0.1, 0.15) is 10.8 Å². The van der Waals surface area contributed by atoms with E-state index in [1.165, 1.54) is 11.1 Å². The van der Waals surface area contributed by atoms with Gasteiger partial charge in [0.2, 0.25) is 0 Å². The third-order valence-electron chi connectivity index (χ3n) is 7.42. The van der Waals surface area contributed by atoms with Gasteiger partial charge in [-0.1, -0.05) is 23.2 Å². The molecule has 202 valence electrons. The number of benzene rings is 1. The fourth-order valence-corrected chi connectivity index (χ4v) is 5.58. The molecule has 2 saturated heterocycles. The summed E-state index contributed by atoms with van der Waals surface area (Å²) >= 11 is 12.8. The van der Waals surface area contributed by atoms with Crippen molar-refractivity contribution >= 4 is 45.9 Å². The van der Waals surface area contributed by atoms with Crippen LogP contribution in [0.3, 0.4) is 0 Å². The molecule has 0 bridgehead atoms. The number of halogens is 4. The maximum absolute atomic E-state index is 13.8. The minimum Gasteiger partial charge on any atom is -0.337 e. The monoisotopic (exact) mass is 563 g/mol. The highest BCUT2D eigenvalue weighted by Crippen LogP contribution is 2.33. The molecule has 0 spiro atoms. The molecule has 0 atom stereocenters. The van der Waals surface area contributed by atoms with Gasteiger partial charge in [0.25, 0.3) is 17.7 Å². The Hall–Kier alpha value is -2.75. The molecule has 2 amide bonds. The summed E-state index contributed by atoms with van der Waals surface area (Å²) in [4.78, 5) is 36.6. The summed E-state index contributed by atoms with van der Waals surface area (Å²) in [5.41, 5.74) is 1.81. The zero-order valence-electron chi connectivity index (χ0n) is 21.3. The van der Waals surface area contributed by atoms with Crippen LogP contribution in [0.4, 0.5) is 8.78 Å². The molecule has 0 N–H and O–H groups in total. The van der Waals surface area contributed by atoms with Gasteiger partial charge in [-0.2, -0.15) is 0 Å². The first-order chi connectivity index (χ1) is 18.0. The number of aromatic nitrogens is 2. The van der Waals surface area contributed by atoms with E-state index in [0.29, 0.717) is 41.3 Å². The van der Waals surface area contributed by atoms with Crippen molar-refractivity contribution in [2.45, 2.75) is 38.7 Å². The van der Waals surface area contributed by atoms with E-state index in [9.17, 15) is 18.4 Å². The number of rotatable bonds is 4. The maximum atomic E-state index is 13.8. The summed E-state index contributed by atoms with van der Waals surface area (Å²) in [5.74, 6) is -3.31. The molecule has 0 unspecified atom stereocenters. The molecule has 2 aliphatic rings. The number of carbonyl (C=O) groups excluding carboxylic acids is 2. The van der Waals surface area contributed by atoms with Crippen molar-refractivity contribution in [3.8, 4) is 5.69 Å². The van der Waals surface area contributed by atoms with Gasteiger partial charge < -0.3 is 14.4 Å². The molecule has 3 aromatic rings. The molecular weight excluding hydrogens is 535 g/mol. The van der Waals surface area contributed by atoms with Crippen molar-refractivity contribution in [2.75, 3.05) is 39.3 Å². The van der Waals surface area contributed by atoms with Gasteiger partial charge in [-0.15, -0.1) is 0 Å². The number of nitrogens with zero attached hydrogens (tertiary/aromatic N) is 5. The Morgan fingerprint density at radius 2 is 1.58 bits per heavy atom. The molecule has 2 aromatic heterocycles. The molecule has 7 nitrogen and oxygen atoms in total. The van der Waals surface area contributed by atoms with E-state index in [4.69, 9.17) is 23.2 Å². The van der Waals surface area contributed by atoms with E-state index >= 15 is 0 Å². The molecular formula is C27H29Cl2F2N5O2. The highest BCUT2D eigenvalue weighted by Gasteiger charge is 2.37. The fraction of sp³-hybridized carbons (Fsp3) is 0.444. The molecule has 38 heavy (non-hydrogen) atoms. The van der Waals surface area contributed by atoms with E-state index in [0.717, 1.165) is 13.1 Å². The predicted molar refractivity (Wildman–Crippen MR) is 144 cm³/mol. The van der Waals surface area contributed by atoms with Crippen LogP contribution in [-0.2, 0) is 0 Å². The average Bonchev–Trinajstić information content (AvgIpc) is 3.25. The zero-order chi connectivity index (χ0) is 27.2. The average molecular weight is 564 g/mol. The summed E-state index contributed by atoms with van der Waals surface area (Å²) in [6.45, 7) is 6.96. The van der Waals surface area contributed by atoms with Crippen LogP contribution in [0.25, 0.3) is 16.6 Å². The lowest BCUT2D eigenvalue weighted by Crippen LogP contribution is -2.50. The number of likely N-dealkylation sites (tertiary alicyclic amines) is 1. The van der Waals surface area contributed by atoms with Crippen molar-refractivity contribution in [3.63, 3.8) is 0 Å². The quantitative estimate of drug-likeness (QED) is 0.400. The Morgan fingerprint density at radius 1 is 0.921 bits per heavy atom. The number of alkyl halides is 2. The van der Waals surface area contributed by atoms with E-state index in [1.54, 1.807) is 39.8 Å². The van der Waals surface area contributed by atoms with Crippen LogP contribution in [0.2, 0.25) is 10.2 Å². The van der Waals surface area contributed by atoms with Crippen molar-refractivity contribution in [2.24, 2.45) is 0 Å². The first-order valence-electron chi connectivity index (χ1n) is 12.7. The number of amides is 2. The Labute approximate surface area is 229 Å². The molecule has 11 heteroatoms. The normalized spacial score (nSPS) is 18.4. The topological polar surface area (TPSA) is 61.7 Å². The summed E-state index contributed by atoms with van der Waals surface area (Å²) in [5, 5.41) is 1.14. The van der Waals surface area contributed by atoms with Crippen molar-refractivity contribution in [3.05, 3.63) is 58.0 Å². The van der Waals surface area contributed by atoms with Crippen LogP contribution < -0.4 is 0 Å². The molecule has 2 fully saturated rings. The first kappa shape index (κ1) is 26.8. The minimum absolute atomic E-state index is 0.0443. The van der Waals surface area contributed by atoms with Gasteiger partial charge in [-0.05, 0) is 44.2 Å². The molecule has 0 saturated carbocycles. The molecule has 5 rings (SSSR count). The van der Waals surface area contributed by atoms with E-state index in [2.05, 4.69) is 23.7 Å². The van der Waals surface area contributed by atoms with Gasteiger partial charge in [0.05, 0.1) is 21.8 Å². The van der Waals surface area contributed by atoms with Gasteiger partial charge in [0.15, 0.2) is 0 Å². The lowest BCUT2D eigenvalue weighted by Gasteiger charge is -2.37. The Kier molecular flexibility index (Phi) is 7.37. The molecule has 0 aliphatic carbocycles. The number of hydrogen-bond donors (Lipinski definition) is 0. The van der Waals surface area contributed by atoms with E-state index in [1.807, 2.05) is 0 Å². The standard InChI is InChI=1S/C27H29Cl2F2N5O2/c1-17(2)33-9-11-35(12-10-33)25(37)20-13-18-14-23(26(38)34-7-4-27(30,31)5-8-34)36(22(18)16-21(20)28)19-3-6-32-24(29)15-19/h3,6,13-17H,4-5,7-12H2,1-2H3. The van der Waals surface area contributed by atoms with Crippen LogP contribution >= 0.6 is 23.2 Å². The Bertz CT molecular complexity index is 1380. The molecule has 2 aliphatic heterocycles. The van der Waals surface area contributed by atoms with Crippen molar-refractivity contribution < 1.29 is 18.4 Å². The van der Waals surface area contributed by atoms with Crippen molar-refractivity contribution in [1.82, 2.24) is 24.3 Å². The van der Waals surface area contributed by atoms with Gasteiger partial charge in [-0.3, -0.25) is 14.5 Å².